The molecule has 3 aromatic rings. The molecule has 1 saturated heterocycles. The van der Waals surface area contributed by atoms with Gasteiger partial charge in [-0.05, 0) is 54.1 Å². The van der Waals surface area contributed by atoms with Crippen molar-refractivity contribution in [2.24, 2.45) is 0 Å². The first kappa shape index (κ1) is 21.4. The third kappa shape index (κ3) is 3.67. The number of hydrogen-bond donors (Lipinski definition) is 1. The lowest BCUT2D eigenvalue weighted by atomic mass is 9.95. The van der Waals surface area contributed by atoms with Crippen LogP contribution in [0.15, 0.2) is 72.6 Å². The highest BCUT2D eigenvalue weighted by Gasteiger charge is 2.47. The smallest absolute Gasteiger partial charge is 0.300 e. The number of aliphatic hydroxyl groups is 1. The molecule has 8 heteroatoms. The predicted molar refractivity (Wildman–Crippen MR) is 120 cm³/mol. The molecular formula is C24H19ClN2O5. The van der Waals surface area contributed by atoms with E-state index in [2.05, 4.69) is 4.98 Å². The number of halogens is 1. The average molecular weight is 451 g/mol. The number of carbonyl (C=O) groups is 2. The van der Waals surface area contributed by atoms with Crippen LogP contribution in [0.1, 0.15) is 17.2 Å². The Balaban J connectivity index is 1.97. The minimum Gasteiger partial charge on any atom is -0.507 e. The number of aliphatic hydroxyl groups excluding tert-OH is 1. The molecule has 2 aromatic carbocycles. The Bertz CT molecular complexity index is 1210. The Kier molecular flexibility index (Phi) is 5.83. The van der Waals surface area contributed by atoms with E-state index in [1.165, 1.54) is 19.1 Å². The topological polar surface area (TPSA) is 89.0 Å². The van der Waals surface area contributed by atoms with Crippen LogP contribution >= 0.6 is 11.6 Å². The molecular weight excluding hydrogens is 432 g/mol. The molecule has 0 aliphatic carbocycles. The normalized spacial score (nSPS) is 17.5. The van der Waals surface area contributed by atoms with E-state index in [0.29, 0.717) is 27.8 Å². The molecule has 4 rings (SSSR count). The summed E-state index contributed by atoms with van der Waals surface area (Å²) in [6, 6.07) is 13.9. The first-order valence-electron chi connectivity index (χ1n) is 9.65. The zero-order chi connectivity index (χ0) is 22.8. The average Bonchev–Trinajstić information content (AvgIpc) is 3.09. The van der Waals surface area contributed by atoms with Crippen molar-refractivity contribution in [3.05, 3.63) is 88.7 Å². The number of rotatable bonds is 5. The van der Waals surface area contributed by atoms with Gasteiger partial charge in [-0.15, -0.1) is 0 Å². The second-order valence-corrected chi connectivity index (χ2v) is 7.43. The quantitative estimate of drug-likeness (QED) is 0.352. The molecule has 0 saturated carbocycles. The minimum absolute atomic E-state index is 0.0792. The number of nitrogens with zero attached hydrogens (tertiary/aromatic N) is 2. The van der Waals surface area contributed by atoms with Gasteiger partial charge in [0.2, 0.25) is 0 Å². The molecule has 1 unspecified atom stereocenters. The second kappa shape index (κ2) is 8.72. The monoisotopic (exact) mass is 450 g/mol. The maximum Gasteiger partial charge on any atom is 0.300 e. The van der Waals surface area contributed by atoms with Gasteiger partial charge in [0.25, 0.3) is 11.7 Å². The molecule has 32 heavy (non-hydrogen) atoms. The predicted octanol–water partition coefficient (Wildman–Crippen LogP) is 4.38. The summed E-state index contributed by atoms with van der Waals surface area (Å²) in [5.74, 6) is -1.19. The summed E-state index contributed by atoms with van der Waals surface area (Å²) in [4.78, 5) is 31.8. The van der Waals surface area contributed by atoms with E-state index in [-0.39, 0.29) is 16.9 Å². The zero-order valence-electron chi connectivity index (χ0n) is 17.3. The third-order valence-electron chi connectivity index (χ3n) is 5.21. The largest absolute Gasteiger partial charge is 0.507 e. The van der Waals surface area contributed by atoms with Gasteiger partial charge < -0.3 is 14.6 Å². The molecule has 0 radical (unpaired) electrons. The number of ether oxygens (including phenoxy) is 2. The summed E-state index contributed by atoms with van der Waals surface area (Å²) in [7, 11) is 2.93. The van der Waals surface area contributed by atoms with Crippen molar-refractivity contribution in [3.8, 4) is 11.5 Å². The number of benzene rings is 2. The number of Topliss-reactive ketones (excluding diaryl/α,β-unsaturated/α-hetero) is 1. The van der Waals surface area contributed by atoms with Crippen LogP contribution in [0.2, 0.25) is 5.02 Å². The number of pyridine rings is 1. The lowest BCUT2D eigenvalue weighted by molar-refractivity contribution is -0.132. The number of ketones is 1. The van der Waals surface area contributed by atoms with E-state index < -0.39 is 17.7 Å². The van der Waals surface area contributed by atoms with Gasteiger partial charge in [0.1, 0.15) is 17.3 Å². The molecule has 1 amide bonds. The van der Waals surface area contributed by atoms with Crippen LogP contribution in [-0.4, -0.2) is 36.0 Å². The molecule has 1 aromatic heterocycles. The molecule has 1 aliphatic rings. The Labute approximate surface area is 189 Å². The SMILES string of the molecule is COc1ccc(OC)c(/C(O)=C2\C(=O)C(=O)N(c3ccc(Cl)cc3)C2c2cccnc2)c1. The van der Waals surface area contributed by atoms with Crippen molar-refractivity contribution in [2.75, 3.05) is 19.1 Å². The van der Waals surface area contributed by atoms with Gasteiger partial charge in [-0.25, -0.2) is 0 Å². The number of carbonyl (C=O) groups excluding carboxylic acids is 2. The molecule has 1 N–H and O–H groups in total. The fourth-order valence-electron chi connectivity index (χ4n) is 3.70. The van der Waals surface area contributed by atoms with Gasteiger partial charge in [-0.3, -0.25) is 19.5 Å². The first-order chi connectivity index (χ1) is 15.5. The van der Waals surface area contributed by atoms with Crippen LogP contribution in [0.3, 0.4) is 0 Å². The van der Waals surface area contributed by atoms with E-state index in [1.54, 1.807) is 67.0 Å². The Morgan fingerprint density at radius 2 is 1.81 bits per heavy atom. The highest BCUT2D eigenvalue weighted by atomic mass is 35.5. The summed E-state index contributed by atoms with van der Waals surface area (Å²) in [6.45, 7) is 0. The van der Waals surface area contributed by atoms with Gasteiger partial charge in [0.15, 0.2) is 0 Å². The van der Waals surface area contributed by atoms with Crippen molar-refractivity contribution < 1.29 is 24.2 Å². The van der Waals surface area contributed by atoms with Gasteiger partial charge in [-0.1, -0.05) is 17.7 Å². The molecule has 0 bridgehead atoms. The van der Waals surface area contributed by atoms with Crippen molar-refractivity contribution in [1.29, 1.82) is 0 Å². The number of aromatic nitrogens is 1. The van der Waals surface area contributed by atoms with Gasteiger partial charge in [0.05, 0.1) is 31.4 Å². The number of hydrogen-bond acceptors (Lipinski definition) is 6. The van der Waals surface area contributed by atoms with Crippen LogP contribution in [-0.2, 0) is 9.59 Å². The molecule has 2 heterocycles. The van der Waals surface area contributed by atoms with E-state index in [9.17, 15) is 14.7 Å². The van der Waals surface area contributed by atoms with Crippen LogP contribution in [0, 0.1) is 0 Å². The van der Waals surface area contributed by atoms with Gasteiger partial charge in [-0.2, -0.15) is 0 Å². The molecule has 162 valence electrons. The second-order valence-electron chi connectivity index (χ2n) is 7.00. The molecule has 1 fully saturated rings. The van der Waals surface area contributed by atoms with Crippen molar-refractivity contribution in [3.63, 3.8) is 0 Å². The summed E-state index contributed by atoms with van der Waals surface area (Å²) in [5.41, 5.74) is 1.17. The van der Waals surface area contributed by atoms with Crippen molar-refractivity contribution >= 4 is 34.7 Å². The molecule has 1 aliphatic heterocycles. The van der Waals surface area contributed by atoms with Crippen molar-refractivity contribution in [2.45, 2.75) is 6.04 Å². The number of anilines is 1. The van der Waals surface area contributed by atoms with Crippen LogP contribution in [0.4, 0.5) is 5.69 Å². The highest BCUT2D eigenvalue weighted by Crippen LogP contribution is 2.43. The van der Waals surface area contributed by atoms with Crippen LogP contribution in [0.5, 0.6) is 11.5 Å². The summed E-state index contributed by atoms with van der Waals surface area (Å²) >= 11 is 6.00. The summed E-state index contributed by atoms with van der Waals surface area (Å²) in [5, 5.41) is 11.8. The van der Waals surface area contributed by atoms with Crippen molar-refractivity contribution in [1.82, 2.24) is 4.98 Å². The zero-order valence-corrected chi connectivity index (χ0v) is 18.0. The fourth-order valence-corrected chi connectivity index (χ4v) is 3.82. The standard InChI is InChI=1S/C24H19ClN2O5/c1-31-17-9-10-19(32-2)18(12-17)22(28)20-21(14-4-3-11-26-13-14)27(24(30)23(20)29)16-7-5-15(25)6-8-16/h3-13,21,28H,1-2H3/b22-20+. The Hall–Kier alpha value is -3.84. The third-order valence-corrected chi connectivity index (χ3v) is 5.46. The van der Waals surface area contributed by atoms with Gasteiger partial charge in [0, 0.05) is 23.1 Å². The van der Waals surface area contributed by atoms with E-state index in [0.717, 1.165) is 0 Å². The van der Waals surface area contributed by atoms with Crippen LogP contribution in [0.25, 0.3) is 5.76 Å². The summed E-state index contributed by atoms with van der Waals surface area (Å²) < 4.78 is 10.6. The van der Waals surface area contributed by atoms with E-state index in [1.807, 2.05) is 0 Å². The maximum absolute atomic E-state index is 13.2. The lowest BCUT2D eigenvalue weighted by Crippen LogP contribution is -2.29. The Morgan fingerprint density at radius 3 is 2.44 bits per heavy atom. The number of amides is 1. The molecule has 7 nitrogen and oxygen atoms in total. The van der Waals surface area contributed by atoms with Crippen LogP contribution < -0.4 is 14.4 Å². The maximum atomic E-state index is 13.2. The van der Waals surface area contributed by atoms with Gasteiger partial charge >= 0.3 is 0 Å². The van der Waals surface area contributed by atoms with E-state index >= 15 is 0 Å². The Morgan fingerprint density at radius 1 is 1.06 bits per heavy atom. The summed E-state index contributed by atoms with van der Waals surface area (Å²) in [6.07, 6.45) is 3.14. The lowest BCUT2D eigenvalue weighted by Gasteiger charge is -2.25. The minimum atomic E-state index is -0.902. The highest BCUT2D eigenvalue weighted by molar-refractivity contribution is 6.51. The fraction of sp³-hybridized carbons (Fsp3) is 0.125. The molecule has 0 spiro atoms. The molecule has 1 atom stereocenters. The number of methoxy groups -OCH3 is 2. The van der Waals surface area contributed by atoms with E-state index in [4.69, 9.17) is 21.1 Å². The first-order valence-corrected chi connectivity index (χ1v) is 10.0.